The summed E-state index contributed by atoms with van der Waals surface area (Å²) in [5.74, 6) is 0.512. The van der Waals surface area contributed by atoms with Gasteiger partial charge in [-0.15, -0.1) is 0 Å². The van der Waals surface area contributed by atoms with Crippen LogP contribution in [0, 0.1) is 6.92 Å². The van der Waals surface area contributed by atoms with Crippen molar-refractivity contribution in [2.75, 3.05) is 7.11 Å². The number of rotatable bonds is 10. The van der Waals surface area contributed by atoms with Crippen molar-refractivity contribution in [2.24, 2.45) is 0 Å². The third-order valence-corrected chi connectivity index (χ3v) is 10.8. The number of aliphatic hydroxyl groups is 2. The van der Waals surface area contributed by atoms with Crippen LogP contribution in [0.4, 0.5) is 0 Å². The van der Waals surface area contributed by atoms with Crippen LogP contribution in [-0.4, -0.2) is 55.0 Å². The van der Waals surface area contributed by atoms with Crippen molar-refractivity contribution >= 4 is 28.8 Å². The van der Waals surface area contributed by atoms with E-state index in [-0.39, 0.29) is 17.6 Å². The molecule has 0 radical (unpaired) electrons. The number of fused-ring (bicyclic) bond motifs is 1. The van der Waals surface area contributed by atoms with Crippen LogP contribution in [0.1, 0.15) is 56.4 Å². The molecule has 0 unspecified atom stereocenters. The highest BCUT2D eigenvalue weighted by Crippen LogP contribution is 2.42. The van der Waals surface area contributed by atoms with Crippen molar-refractivity contribution in [2.45, 2.75) is 82.8 Å². The number of hydrogen-bond acceptors (Lipinski definition) is 8. The molecular formula is C39H41Cl2N5O4. The molecule has 0 saturated heterocycles. The minimum atomic E-state index is -0.636. The molecule has 0 atom stereocenters. The van der Waals surface area contributed by atoms with Crippen molar-refractivity contribution in [1.82, 2.24) is 25.0 Å². The molecule has 0 bridgehead atoms. The van der Waals surface area contributed by atoms with Crippen LogP contribution < -0.4 is 20.9 Å². The van der Waals surface area contributed by atoms with Crippen molar-refractivity contribution in [3.63, 3.8) is 0 Å². The van der Waals surface area contributed by atoms with Gasteiger partial charge in [-0.2, -0.15) is 0 Å². The van der Waals surface area contributed by atoms with Crippen LogP contribution >= 0.6 is 23.2 Å². The minimum absolute atomic E-state index is 0.122. The van der Waals surface area contributed by atoms with Gasteiger partial charge in [-0.1, -0.05) is 65.7 Å². The van der Waals surface area contributed by atoms with Gasteiger partial charge in [0.15, 0.2) is 0 Å². The molecule has 2 fully saturated rings. The average Bonchev–Trinajstić information content (AvgIpc) is 3.05. The Kier molecular flexibility index (Phi) is 9.26. The summed E-state index contributed by atoms with van der Waals surface area (Å²) in [5.41, 5.74) is 5.92. The summed E-state index contributed by atoms with van der Waals surface area (Å²) in [4.78, 5) is 23.0. The number of nitrogens with zero attached hydrogens (tertiary/aromatic N) is 3. The van der Waals surface area contributed by atoms with Gasteiger partial charge in [-0.05, 0) is 70.2 Å². The number of aryl methyl sites for hydroxylation is 1. The normalized spacial score (nSPS) is 23.0. The summed E-state index contributed by atoms with van der Waals surface area (Å²) >= 11 is 14.2. The lowest BCUT2D eigenvalue weighted by Crippen LogP contribution is -2.51. The zero-order valence-electron chi connectivity index (χ0n) is 28.6. The summed E-state index contributed by atoms with van der Waals surface area (Å²) in [7, 11) is 1.60. The molecule has 3 heterocycles. The number of methoxy groups -OCH3 is 1. The third kappa shape index (κ3) is 6.78. The van der Waals surface area contributed by atoms with Crippen LogP contribution in [-0.2, 0) is 13.1 Å². The van der Waals surface area contributed by atoms with E-state index in [4.69, 9.17) is 37.9 Å². The van der Waals surface area contributed by atoms with E-state index in [0.29, 0.717) is 64.5 Å². The lowest BCUT2D eigenvalue weighted by molar-refractivity contribution is -0.0399. The minimum Gasteiger partial charge on any atom is -0.481 e. The van der Waals surface area contributed by atoms with E-state index >= 15 is 0 Å². The first-order valence-corrected chi connectivity index (χ1v) is 17.6. The van der Waals surface area contributed by atoms with Crippen LogP contribution in [0.3, 0.4) is 0 Å². The summed E-state index contributed by atoms with van der Waals surface area (Å²) in [6.45, 7) is 6.50. The lowest BCUT2D eigenvalue weighted by Gasteiger charge is -2.41. The molecule has 0 amide bonds. The van der Waals surface area contributed by atoms with Crippen LogP contribution in [0.15, 0.2) is 71.7 Å². The Hall–Kier alpha value is -3.83. The smallest absolute Gasteiger partial charge is 0.262 e. The number of halogens is 2. The third-order valence-electron chi connectivity index (χ3n) is 10.0. The zero-order chi connectivity index (χ0) is 35.4. The molecule has 2 aromatic carbocycles. The molecular weight excluding hydrogens is 673 g/mol. The fourth-order valence-electron chi connectivity index (χ4n) is 7.28. The van der Waals surface area contributed by atoms with Crippen molar-refractivity contribution < 1.29 is 14.9 Å². The van der Waals surface area contributed by atoms with Crippen LogP contribution in [0.5, 0.6) is 5.88 Å². The second-order valence-corrected chi connectivity index (χ2v) is 15.0. The van der Waals surface area contributed by atoms with Crippen molar-refractivity contribution in [3.05, 3.63) is 104 Å². The van der Waals surface area contributed by atoms with Gasteiger partial charge in [0.05, 0.1) is 39.6 Å². The van der Waals surface area contributed by atoms with E-state index < -0.39 is 11.2 Å². The highest BCUT2D eigenvalue weighted by atomic mass is 35.5. The topological polar surface area (TPSA) is 121 Å². The lowest BCUT2D eigenvalue weighted by atomic mass is 9.77. The molecule has 2 aliphatic carbocycles. The Morgan fingerprint density at radius 1 is 0.840 bits per heavy atom. The molecule has 50 heavy (non-hydrogen) atoms. The largest absolute Gasteiger partial charge is 0.481 e. The predicted molar refractivity (Wildman–Crippen MR) is 198 cm³/mol. The Labute approximate surface area is 301 Å². The Bertz CT molecular complexity index is 2150. The molecule has 3 aromatic heterocycles. The molecule has 7 rings (SSSR count). The molecule has 0 spiro atoms. The number of ether oxygens (including phenoxy) is 1. The number of nitrogens with one attached hydrogen (secondary N) is 2. The molecule has 260 valence electrons. The maximum atomic E-state index is 13.5. The first-order valence-electron chi connectivity index (χ1n) is 16.9. The molecule has 0 aliphatic heterocycles. The summed E-state index contributed by atoms with van der Waals surface area (Å²) in [5, 5.41) is 28.0. The van der Waals surface area contributed by atoms with E-state index in [9.17, 15) is 15.0 Å². The van der Waals surface area contributed by atoms with Gasteiger partial charge in [0.1, 0.15) is 5.65 Å². The molecule has 9 nitrogen and oxygen atoms in total. The quantitative estimate of drug-likeness (QED) is 0.126. The molecule has 2 aliphatic rings. The Balaban J connectivity index is 1.15. The summed E-state index contributed by atoms with van der Waals surface area (Å²) < 4.78 is 7.21. The highest BCUT2D eigenvalue weighted by molar-refractivity contribution is 6.39. The van der Waals surface area contributed by atoms with Crippen molar-refractivity contribution in [3.8, 4) is 39.4 Å². The van der Waals surface area contributed by atoms with Crippen molar-refractivity contribution in [1.29, 1.82) is 0 Å². The number of hydrogen-bond donors (Lipinski definition) is 4. The van der Waals surface area contributed by atoms with E-state index in [1.807, 2.05) is 81.4 Å². The summed E-state index contributed by atoms with van der Waals surface area (Å²) in [6.07, 6.45) is 4.50. The average molecular weight is 715 g/mol. The van der Waals surface area contributed by atoms with Gasteiger partial charge < -0.3 is 25.6 Å². The van der Waals surface area contributed by atoms with Gasteiger partial charge in [0, 0.05) is 64.9 Å². The SMILES string of the molecule is COc1nc(-c2cccc(-c3cccc(-c4ccn5c(=O)c(CNC6CC(C)(O)C6)c(C)nc5c4)c3Cl)c2Cl)ccc1CNC1CC(C)(O)C1. The summed E-state index contributed by atoms with van der Waals surface area (Å²) in [6, 6.07) is 19.7. The number of aromatic nitrogens is 3. The van der Waals surface area contributed by atoms with Gasteiger partial charge in [-0.25, -0.2) is 9.97 Å². The van der Waals surface area contributed by atoms with E-state index in [1.165, 1.54) is 0 Å². The first kappa shape index (κ1) is 34.6. The fourth-order valence-corrected chi connectivity index (χ4v) is 7.94. The van der Waals surface area contributed by atoms with Crippen LogP contribution in [0.25, 0.3) is 39.2 Å². The van der Waals surface area contributed by atoms with Gasteiger partial charge in [0.25, 0.3) is 5.56 Å². The number of benzene rings is 2. The standard InChI is InChI=1S/C39H41Cl2N5O4/c1-22-31(21-43-26-18-39(3,49)19-26)37(47)46-14-13-23(15-33(46)44-22)27-7-5-8-28(34(27)40)29-9-6-10-30(35(29)41)32-12-11-24(36(45-32)50-4)20-42-25-16-38(2,48)17-25/h5-15,25-26,42-43,48-49H,16-21H2,1-4H3. The molecule has 5 aromatic rings. The highest BCUT2D eigenvalue weighted by Gasteiger charge is 2.38. The molecule has 2 saturated carbocycles. The van der Waals surface area contributed by atoms with Crippen LogP contribution in [0.2, 0.25) is 10.0 Å². The number of pyridine rings is 2. The van der Waals surface area contributed by atoms with Gasteiger partial charge in [-0.3, -0.25) is 9.20 Å². The van der Waals surface area contributed by atoms with E-state index in [2.05, 4.69) is 10.6 Å². The van der Waals surface area contributed by atoms with E-state index in [1.54, 1.807) is 17.7 Å². The maximum absolute atomic E-state index is 13.5. The Morgan fingerprint density at radius 2 is 1.42 bits per heavy atom. The van der Waals surface area contributed by atoms with E-state index in [0.717, 1.165) is 46.2 Å². The second-order valence-electron chi connectivity index (χ2n) is 14.3. The molecule has 11 heteroatoms. The zero-order valence-corrected chi connectivity index (χ0v) is 30.1. The first-order chi connectivity index (χ1) is 23.8. The molecule has 4 N–H and O–H groups in total. The van der Waals surface area contributed by atoms with Gasteiger partial charge in [0.2, 0.25) is 5.88 Å². The monoisotopic (exact) mass is 713 g/mol. The maximum Gasteiger partial charge on any atom is 0.262 e. The Morgan fingerprint density at radius 3 is 2.04 bits per heavy atom. The van der Waals surface area contributed by atoms with Gasteiger partial charge >= 0.3 is 0 Å². The second kappa shape index (κ2) is 13.4. The fraction of sp³-hybridized carbons (Fsp3) is 0.359. The predicted octanol–water partition coefficient (Wildman–Crippen LogP) is 6.72.